The van der Waals surface area contributed by atoms with Gasteiger partial charge in [0.2, 0.25) is 5.69 Å². The molecule has 2 aromatic heterocycles. The quantitative estimate of drug-likeness (QED) is 0.531. The average molecular weight is 379 g/mol. The number of nitrogens with one attached hydrogen (secondary N) is 2. The van der Waals surface area contributed by atoms with E-state index in [9.17, 15) is 10.1 Å². The number of aromatic amines is 1. The maximum Gasteiger partial charge on any atom is 0.296 e. The zero-order valence-corrected chi connectivity index (χ0v) is 15.7. The van der Waals surface area contributed by atoms with Gasteiger partial charge < -0.3 is 5.32 Å². The molecule has 2 heterocycles. The summed E-state index contributed by atoms with van der Waals surface area (Å²) in [5.41, 5.74) is 3.60. The van der Waals surface area contributed by atoms with Crippen molar-refractivity contribution in [1.82, 2.24) is 10.3 Å². The number of amides is 1. The van der Waals surface area contributed by atoms with Crippen molar-refractivity contribution in [2.24, 2.45) is 0 Å². The van der Waals surface area contributed by atoms with Crippen LogP contribution >= 0.6 is 0 Å². The predicted octanol–water partition coefficient (Wildman–Crippen LogP) is 3.71. The molecule has 29 heavy (non-hydrogen) atoms. The largest absolute Gasteiger partial charge is 0.339 e. The lowest BCUT2D eigenvalue weighted by atomic mass is 10.0. The number of fused-ring (bicyclic) bond motifs is 1. The second-order valence-corrected chi connectivity index (χ2v) is 7.40. The number of hydrogen-bond acceptors (Lipinski definition) is 2. The number of nitriles is 1. The third-order valence-corrected chi connectivity index (χ3v) is 5.52. The Balaban J connectivity index is 1.56. The van der Waals surface area contributed by atoms with Gasteiger partial charge in [0.15, 0.2) is 5.52 Å². The van der Waals surface area contributed by atoms with Crippen LogP contribution < -0.4 is 9.72 Å². The summed E-state index contributed by atoms with van der Waals surface area (Å²) in [4.78, 5) is 16.5. The molecule has 5 heteroatoms. The van der Waals surface area contributed by atoms with Crippen LogP contribution in [-0.2, 0) is 5.54 Å². The van der Waals surface area contributed by atoms with Crippen LogP contribution in [0.15, 0.2) is 79.0 Å². The average Bonchev–Trinajstić information content (AvgIpc) is 3.45. The lowest BCUT2D eigenvalue weighted by molar-refractivity contribution is -0.498. The summed E-state index contributed by atoms with van der Waals surface area (Å²) in [5.74, 6) is 0.644. The van der Waals surface area contributed by atoms with E-state index in [-0.39, 0.29) is 11.4 Å². The molecule has 1 fully saturated rings. The highest BCUT2D eigenvalue weighted by atomic mass is 16.2. The molecule has 2 N–H and O–H groups in total. The van der Waals surface area contributed by atoms with Crippen molar-refractivity contribution in [2.75, 3.05) is 0 Å². The van der Waals surface area contributed by atoms with Gasteiger partial charge in [0.05, 0.1) is 28.9 Å². The zero-order chi connectivity index (χ0) is 19.8. The van der Waals surface area contributed by atoms with Crippen LogP contribution in [0, 0.1) is 11.3 Å². The molecule has 5 rings (SSSR count). The van der Waals surface area contributed by atoms with Gasteiger partial charge >= 0.3 is 0 Å². The van der Waals surface area contributed by atoms with Crippen molar-refractivity contribution in [2.45, 2.75) is 18.4 Å². The lowest BCUT2D eigenvalue weighted by Gasteiger charge is -2.16. The van der Waals surface area contributed by atoms with E-state index in [0.29, 0.717) is 11.3 Å². The van der Waals surface area contributed by atoms with Crippen LogP contribution in [0.3, 0.4) is 0 Å². The highest BCUT2D eigenvalue weighted by molar-refractivity contribution is 5.99. The number of carbonyl (C=O) groups is 1. The number of benzene rings is 2. The number of aromatic nitrogens is 2. The molecule has 5 nitrogen and oxygen atoms in total. The Morgan fingerprint density at radius 3 is 2.59 bits per heavy atom. The van der Waals surface area contributed by atoms with Crippen LogP contribution in [-0.4, -0.2) is 10.9 Å². The summed E-state index contributed by atoms with van der Waals surface area (Å²) >= 11 is 0. The summed E-state index contributed by atoms with van der Waals surface area (Å²) in [6.45, 7) is 0. The van der Waals surface area contributed by atoms with Crippen molar-refractivity contribution in [1.29, 1.82) is 5.26 Å². The highest BCUT2D eigenvalue weighted by Crippen LogP contribution is 2.45. The Morgan fingerprint density at radius 1 is 1.03 bits per heavy atom. The summed E-state index contributed by atoms with van der Waals surface area (Å²) in [7, 11) is 0. The van der Waals surface area contributed by atoms with Crippen LogP contribution in [0.25, 0.3) is 16.9 Å². The van der Waals surface area contributed by atoms with Gasteiger partial charge in [-0.15, -0.1) is 0 Å². The minimum Gasteiger partial charge on any atom is -0.339 e. The maximum atomic E-state index is 13.2. The SMILES string of the molecule is N#Cc1cccc(-c2[nH]c(C(=O)NC3(c4ccccc4)CC3)c3cccc[n+]23)c1. The third-order valence-electron chi connectivity index (χ3n) is 5.52. The molecule has 140 valence electrons. The molecule has 2 aromatic carbocycles. The van der Waals surface area contributed by atoms with E-state index in [4.69, 9.17) is 0 Å². The molecule has 0 atom stereocenters. The first-order valence-electron chi connectivity index (χ1n) is 9.61. The molecule has 0 unspecified atom stereocenters. The molecule has 1 saturated carbocycles. The number of carbonyl (C=O) groups excluding carboxylic acids is 1. The van der Waals surface area contributed by atoms with E-state index < -0.39 is 0 Å². The number of H-pyrrole nitrogens is 1. The van der Waals surface area contributed by atoms with E-state index in [1.165, 1.54) is 0 Å². The number of hydrogen-bond donors (Lipinski definition) is 2. The maximum absolute atomic E-state index is 13.2. The van der Waals surface area contributed by atoms with Gasteiger partial charge in [-0.1, -0.05) is 42.5 Å². The fourth-order valence-corrected chi connectivity index (χ4v) is 3.85. The number of pyridine rings is 1. The summed E-state index contributed by atoms with van der Waals surface area (Å²) in [6.07, 6.45) is 3.79. The van der Waals surface area contributed by atoms with Crippen molar-refractivity contribution in [3.63, 3.8) is 0 Å². The van der Waals surface area contributed by atoms with Crippen LogP contribution in [0.4, 0.5) is 0 Å². The fraction of sp³-hybridized carbons (Fsp3) is 0.125. The Morgan fingerprint density at radius 2 is 1.83 bits per heavy atom. The number of imidazole rings is 1. The molecule has 0 bridgehead atoms. The highest BCUT2D eigenvalue weighted by Gasteiger charge is 2.46. The summed E-state index contributed by atoms with van der Waals surface area (Å²) in [5, 5.41) is 12.5. The van der Waals surface area contributed by atoms with E-state index in [2.05, 4.69) is 28.5 Å². The van der Waals surface area contributed by atoms with Gasteiger partial charge in [0, 0.05) is 0 Å². The van der Waals surface area contributed by atoms with Crippen molar-refractivity contribution < 1.29 is 9.20 Å². The fourth-order valence-electron chi connectivity index (χ4n) is 3.85. The van der Waals surface area contributed by atoms with Crippen LogP contribution in [0.2, 0.25) is 0 Å². The number of nitrogens with zero attached hydrogens (tertiary/aromatic N) is 2. The third kappa shape index (κ3) is 2.95. The normalized spacial score (nSPS) is 14.3. The Labute approximate surface area is 168 Å². The Bertz CT molecular complexity index is 1260. The first-order chi connectivity index (χ1) is 14.2. The zero-order valence-electron chi connectivity index (χ0n) is 15.7. The topological polar surface area (TPSA) is 72.8 Å². The molecule has 0 spiro atoms. The monoisotopic (exact) mass is 379 g/mol. The molecular formula is C24H19N4O+. The van der Waals surface area contributed by atoms with E-state index >= 15 is 0 Å². The standard InChI is InChI=1S/C24H18N4O/c25-16-17-7-6-8-18(15-17)22-26-21(20-11-4-5-14-28(20)22)23(29)27-24(12-13-24)19-9-2-1-3-10-19/h1-11,14-15H,12-13H2,(H,27,29)/p+1. The lowest BCUT2D eigenvalue weighted by Crippen LogP contribution is -2.35. The van der Waals surface area contributed by atoms with Crippen LogP contribution in [0.1, 0.15) is 34.5 Å². The van der Waals surface area contributed by atoms with Crippen molar-refractivity contribution >= 4 is 11.4 Å². The predicted molar refractivity (Wildman–Crippen MR) is 109 cm³/mol. The van der Waals surface area contributed by atoms with Gasteiger partial charge in [-0.05, 0) is 48.7 Å². The molecule has 1 aliphatic carbocycles. The molecular weight excluding hydrogens is 360 g/mol. The second kappa shape index (κ2) is 6.61. The van der Waals surface area contributed by atoms with Crippen molar-refractivity contribution in [3.8, 4) is 17.5 Å². The van der Waals surface area contributed by atoms with E-state index in [1.807, 2.05) is 65.2 Å². The molecule has 1 aliphatic rings. The van der Waals surface area contributed by atoms with Gasteiger partial charge in [0.1, 0.15) is 0 Å². The van der Waals surface area contributed by atoms with Gasteiger partial charge in [-0.2, -0.15) is 9.66 Å². The van der Waals surface area contributed by atoms with Gasteiger partial charge in [0.25, 0.3) is 11.7 Å². The Hall–Kier alpha value is -3.91. The molecule has 0 radical (unpaired) electrons. The van der Waals surface area contributed by atoms with Gasteiger partial charge in [-0.3, -0.25) is 4.79 Å². The Kier molecular flexibility index (Phi) is 3.92. The van der Waals surface area contributed by atoms with Gasteiger partial charge in [-0.25, -0.2) is 4.98 Å². The molecule has 1 amide bonds. The van der Waals surface area contributed by atoms with Crippen molar-refractivity contribution in [3.05, 3.63) is 95.8 Å². The number of rotatable bonds is 4. The molecule has 0 saturated heterocycles. The van der Waals surface area contributed by atoms with E-state index in [0.717, 1.165) is 35.3 Å². The minimum atomic E-state index is -0.282. The first-order valence-corrected chi connectivity index (χ1v) is 9.61. The molecule has 0 aliphatic heterocycles. The first kappa shape index (κ1) is 17.2. The van der Waals surface area contributed by atoms with E-state index in [1.54, 1.807) is 6.07 Å². The molecule has 4 aromatic rings. The van der Waals surface area contributed by atoms with Crippen LogP contribution in [0.5, 0.6) is 0 Å². The second-order valence-electron chi connectivity index (χ2n) is 7.40. The summed E-state index contributed by atoms with van der Waals surface area (Å²) < 4.78 is 1.95. The smallest absolute Gasteiger partial charge is 0.296 e. The minimum absolute atomic E-state index is 0.127. The summed E-state index contributed by atoms with van der Waals surface area (Å²) in [6, 6.07) is 25.4.